The highest BCUT2D eigenvalue weighted by Gasteiger charge is 2.55. The average molecular weight is 405 g/mol. The minimum Gasteiger partial charge on any atom is -0.469 e. The molecule has 2 aliphatic rings. The molecule has 0 bridgehead atoms. The third kappa shape index (κ3) is 5.13. The van der Waals surface area contributed by atoms with E-state index in [1.807, 2.05) is 6.92 Å². The minimum absolute atomic E-state index is 0.0395. The van der Waals surface area contributed by atoms with Gasteiger partial charge in [0.05, 0.1) is 19.1 Å². The van der Waals surface area contributed by atoms with Crippen LogP contribution in [0.3, 0.4) is 0 Å². The van der Waals surface area contributed by atoms with Gasteiger partial charge in [0.15, 0.2) is 0 Å². The Hall–Kier alpha value is -1.58. The SMILES string of the molecule is CCOC(=O)CC/C=C(\C)CCC1=C(C)CC[C@H]2[C@@](C)(C(=O)OC)CCC[C@]12C. The molecule has 1 fully saturated rings. The van der Waals surface area contributed by atoms with E-state index in [0.29, 0.717) is 18.9 Å². The van der Waals surface area contributed by atoms with E-state index >= 15 is 0 Å². The van der Waals surface area contributed by atoms with Crippen LogP contribution in [0.25, 0.3) is 0 Å². The quantitative estimate of drug-likeness (QED) is 0.359. The Morgan fingerprint density at radius 1 is 1.21 bits per heavy atom. The molecule has 0 saturated heterocycles. The lowest BCUT2D eigenvalue weighted by Gasteiger charge is -2.55. The molecule has 0 N–H and O–H groups in total. The van der Waals surface area contributed by atoms with Crippen molar-refractivity contribution in [1.29, 1.82) is 0 Å². The first-order valence-electron chi connectivity index (χ1n) is 11.3. The number of ether oxygens (including phenoxy) is 2. The van der Waals surface area contributed by atoms with E-state index in [-0.39, 0.29) is 22.8 Å². The highest BCUT2D eigenvalue weighted by Crippen LogP contribution is 2.60. The Bertz CT molecular complexity index is 674. The molecule has 0 aromatic heterocycles. The molecule has 0 spiro atoms. The zero-order valence-corrected chi connectivity index (χ0v) is 19.4. The largest absolute Gasteiger partial charge is 0.469 e. The molecule has 0 heterocycles. The molecule has 0 aromatic rings. The predicted octanol–water partition coefficient (Wildman–Crippen LogP) is 6.15. The van der Waals surface area contributed by atoms with Gasteiger partial charge in [-0.25, -0.2) is 0 Å². The Kier molecular flexibility index (Phi) is 8.13. The standard InChI is InChI=1S/C25H40O4/c1-7-29-22(26)11-8-10-18(2)12-14-20-19(3)13-15-21-24(20,4)16-9-17-25(21,5)23(27)28-6/h10,21H,7-9,11-17H2,1-6H3/b18-10+/t21-,24-,25+/m1/s1. The first kappa shape index (κ1) is 23.7. The highest BCUT2D eigenvalue weighted by atomic mass is 16.5. The van der Waals surface area contributed by atoms with E-state index < -0.39 is 0 Å². The fourth-order valence-electron chi connectivity index (χ4n) is 5.94. The molecule has 4 nitrogen and oxygen atoms in total. The third-order valence-electron chi connectivity index (χ3n) is 7.51. The summed E-state index contributed by atoms with van der Waals surface area (Å²) in [5.41, 5.74) is 4.10. The van der Waals surface area contributed by atoms with E-state index in [0.717, 1.165) is 51.4 Å². The molecule has 4 heteroatoms. The minimum atomic E-state index is -0.377. The zero-order chi connectivity index (χ0) is 21.7. The van der Waals surface area contributed by atoms with Gasteiger partial charge < -0.3 is 9.47 Å². The molecule has 3 atom stereocenters. The number of esters is 2. The fourth-order valence-corrected chi connectivity index (χ4v) is 5.94. The maximum atomic E-state index is 12.7. The van der Waals surface area contributed by atoms with Crippen molar-refractivity contribution in [1.82, 2.24) is 0 Å². The van der Waals surface area contributed by atoms with Gasteiger partial charge in [-0.1, -0.05) is 36.1 Å². The number of allylic oxidation sites excluding steroid dienone is 4. The average Bonchev–Trinajstić information content (AvgIpc) is 2.66. The number of fused-ring (bicyclic) bond motifs is 1. The molecule has 2 aliphatic carbocycles. The molecule has 0 aromatic carbocycles. The van der Waals surface area contributed by atoms with Crippen LogP contribution in [-0.4, -0.2) is 25.7 Å². The molecular weight excluding hydrogens is 364 g/mol. The number of methoxy groups -OCH3 is 1. The van der Waals surface area contributed by atoms with Crippen molar-refractivity contribution in [3.8, 4) is 0 Å². The van der Waals surface area contributed by atoms with Crippen LogP contribution in [0, 0.1) is 16.7 Å². The zero-order valence-electron chi connectivity index (χ0n) is 19.4. The van der Waals surface area contributed by atoms with Gasteiger partial charge in [0.2, 0.25) is 0 Å². The topological polar surface area (TPSA) is 52.6 Å². The van der Waals surface area contributed by atoms with Gasteiger partial charge in [-0.2, -0.15) is 0 Å². The molecule has 0 aliphatic heterocycles. The number of hydrogen-bond acceptors (Lipinski definition) is 4. The van der Waals surface area contributed by atoms with Crippen LogP contribution in [0.1, 0.15) is 92.4 Å². The smallest absolute Gasteiger partial charge is 0.311 e. The molecule has 1 saturated carbocycles. The molecule has 29 heavy (non-hydrogen) atoms. The van der Waals surface area contributed by atoms with E-state index in [1.165, 1.54) is 18.3 Å². The van der Waals surface area contributed by atoms with Crippen molar-refractivity contribution in [3.05, 3.63) is 22.8 Å². The van der Waals surface area contributed by atoms with Crippen LogP contribution >= 0.6 is 0 Å². The van der Waals surface area contributed by atoms with Gasteiger partial charge in [0.25, 0.3) is 0 Å². The summed E-state index contributed by atoms with van der Waals surface area (Å²) in [7, 11) is 1.52. The van der Waals surface area contributed by atoms with Crippen LogP contribution in [0.4, 0.5) is 0 Å². The monoisotopic (exact) mass is 404 g/mol. The Morgan fingerprint density at radius 3 is 2.59 bits per heavy atom. The van der Waals surface area contributed by atoms with Crippen molar-refractivity contribution in [2.24, 2.45) is 16.7 Å². The van der Waals surface area contributed by atoms with Crippen LogP contribution < -0.4 is 0 Å². The van der Waals surface area contributed by atoms with Crippen LogP contribution in [0.15, 0.2) is 22.8 Å². The number of carbonyl (C=O) groups is 2. The summed E-state index contributed by atoms with van der Waals surface area (Å²) < 4.78 is 10.2. The van der Waals surface area contributed by atoms with Gasteiger partial charge in [0.1, 0.15) is 0 Å². The second-order valence-electron chi connectivity index (χ2n) is 9.42. The van der Waals surface area contributed by atoms with Gasteiger partial charge in [0, 0.05) is 6.42 Å². The summed E-state index contributed by atoms with van der Waals surface area (Å²) in [5, 5.41) is 0. The second kappa shape index (κ2) is 9.95. The molecule has 0 unspecified atom stereocenters. The van der Waals surface area contributed by atoms with Crippen molar-refractivity contribution in [2.45, 2.75) is 92.4 Å². The lowest BCUT2D eigenvalue weighted by atomic mass is 9.49. The van der Waals surface area contributed by atoms with Crippen LogP contribution in [-0.2, 0) is 19.1 Å². The second-order valence-corrected chi connectivity index (χ2v) is 9.42. The van der Waals surface area contributed by atoms with E-state index in [1.54, 1.807) is 5.57 Å². The lowest BCUT2D eigenvalue weighted by Crippen LogP contribution is -2.50. The van der Waals surface area contributed by atoms with E-state index in [2.05, 4.69) is 33.8 Å². The number of carbonyl (C=O) groups excluding carboxylic acids is 2. The first-order chi connectivity index (χ1) is 13.7. The van der Waals surface area contributed by atoms with Gasteiger partial charge in [-0.05, 0) is 84.0 Å². The Balaban J connectivity index is 2.10. The van der Waals surface area contributed by atoms with Gasteiger partial charge >= 0.3 is 11.9 Å². The Morgan fingerprint density at radius 2 is 1.93 bits per heavy atom. The number of rotatable bonds is 8. The van der Waals surface area contributed by atoms with E-state index in [4.69, 9.17) is 9.47 Å². The normalized spacial score (nSPS) is 30.0. The predicted molar refractivity (Wildman–Crippen MR) is 116 cm³/mol. The molecule has 0 amide bonds. The van der Waals surface area contributed by atoms with Crippen molar-refractivity contribution in [2.75, 3.05) is 13.7 Å². The molecule has 0 radical (unpaired) electrons. The maximum absolute atomic E-state index is 12.7. The van der Waals surface area contributed by atoms with E-state index in [9.17, 15) is 9.59 Å². The summed E-state index contributed by atoms with van der Waals surface area (Å²) in [4.78, 5) is 24.2. The van der Waals surface area contributed by atoms with Crippen molar-refractivity contribution in [3.63, 3.8) is 0 Å². The van der Waals surface area contributed by atoms with Gasteiger partial charge in [-0.3, -0.25) is 9.59 Å². The van der Waals surface area contributed by atoms with Crippen molar-refractivity contribution >= 4 is 11.9 Å². The first-order valence-corrected chi connectivity index (χ1v) is 11.3. The van der Waals surface area contributed by atoms with Crippen molar-refractivity contribution < 1.29 is 19.1 Å². The molecular formula is C25H40O4. The third-order valence-corrected chi connectivity index (χ3v) is 7.51. The fraction of sp³-hybridized carbons (Fsp3) is 0.760. The summed E-state index contributed by atoms with van der Waals surface area (Å²) in [6, 6.07) is 0. The van der Waals surface area contributed by atoms with Crippen LogP contribution in [0.5, 0.6) is 0 Å². The van der Waals surface area contributed by atoms with Crippen LogP contribution in [0.2, 0.25) is 0 Å². The summed E-state index contributed by atoms with van der Waals surface area (Å²) in [6.45, 7) is 11.2. The summed E-state index contributed by atoms with van der Waals surface area (Å²) in [5.74, 6) is 0.187. The highest BCUT2D eigenvalue weighted by molar-refractivity contribution is 5.77. The number of hydrogen-bond donors (Lipinski definition) is 0. The Labute approximate surface area is 177 Å². The lowest BCUT2D eigenvalue weighted by molar-refractivity contribution is -0.163. The van der Waals surface area contributed by atoms with Gasteiger partial charge in [-0.15, -0.1) is 0 Å². The summed E-state index contributed by atoms with van der Waals surface area (Å²) >= 11 is 0. The maximum Gasteiger partial charge on any atom is 0.311 e. The molecule has 2 rings (SSSR count). The summed E-state index contributed by atoms with van der Waals surface area (Å²) in [6.07, 6.45) is 10.7. The molecule has 164 valence electrons.